The van der Waals surface area contributed by atoms with Gasteiger partial charge in [-0.1, -0.05) is 25.5 Å². The van der Waals surface area contributed by atoms with Gasteiger partial charge < -0.3 is 4.74 Å². The number of hydrogen-bond acceptors (Lipinski definition) is 1. The van der Waals surface area contributed by atoms with Crippen molar-refractivity contribution in [3.05, 3.63) is 88.5 Å². The summed E-state index contributed by atoms with van der Waals surface area (Å²) in [6.45, 7) is 1.58. The second-order valence-electron chi connectivity index (χ2n) is 8.80. The minimum Gasteiger partial charge on any atom is -0.483 e. The van der Waals surface area contributed by atoms with E-state index < -0.39 is 47.3 Å². The molecule has 0 bridgehead atoms. The molecule has 34 heavy (non-hydrogen) atoms. The van der Waals surface area contributed by atoms with Crippen molar-refractivity contribution < 1.29 is 31.1 Å². The Kier molecular flexibility index (Phi) is 7.19. The zero-order valence-corrected chi connectivity index (χ0v) is 18.6. The fourth-order valence-corrected chi connectivity index (χ4v) is 4.62. The van der Waals surface area contributed by atoms with Crippen LogP contribution in [0.4, 0.5) is 26.3 Å². The van der Waals surface area contributed by atoms with Crippen molar-refractivity contribution in [2.45, 2.75) is 51.6 Å². The highest BCUT2D eigenvalue weighted by Crippen LogP contribution is 2.38. The van der Waals surface area contributed by atoms with E-state index in [1.807, 2.05) is 0 Å². The molecule has 3 aromatic carbocycles. The SMILES string of the molecule is CCC1CCC(c2ccc(-c3cc(F)c(OCc4cc(F)c(F)c(F)c4)c(F)c3)c(F)c2)CC1. The number of hydrogen-bond donors (Lipinski definition) is 0. The van der Waals surface area contributed by atoms with Gasteiger partial charge >= 0.3 is 0 Å². The van der Waals surface area contributed by atoms with Gasteiger partial charge in [0, 0.05) is 5.56 Å². The largest absolute Gasteiger partial charge is 0.483 e. The molecule has 0 atom stereocenters. The Morgan fingerprint density at radius 3 is 1.91 bits per heavy atom. The maximum atomic E-state index is 14.9. The van der Waals surface area contributed by atoms with E-state index >= 15 is 0 Å². The molecule has 0 radical (unpaired) electrons. The summed E-state index contributed by atoms with van der Waals surface area (Å²) < 4.78 is 88.9. The summed E-state index contributed by atoms with van der Waals surface area (Å²) in [7, 11) is 0. The third kappa shape index (κ3) is 5.08. The van der Waals surface area contributed by atoms with E-state index in [2.05, 4.69) is 6.92 Å². The van der Waals surface area contributed by atoms with E-state index in [1.54, 1.807) is 6.07 Å². The third-order valence-corrected chi connectivity index (χ3v) is 6.62. The van der Waals surface area contributed by atoms with Crippen LogP contribution in [0.3, 0.4) is 0 Å². The third-order valence-electron chi connectivity index (χ3n) is 6.62. The predicted octanol–water partition coefficient (Wildman–Crippen LogP) is 8.45. The van der Waals surface area contributed by atoms with E-state index in [0.29, 0.717) is 18.1 Å². The normalized spacial score (nSPS) is 18.2. The molecule has 1 nitrogen and oxygen atoms in total. The van der Waals surface area contributed by atoms with Crippen LogP contribution < -0.4 is 4.74 Å². The van der Waals surface area contributed by atoms with Crippen LogP contribution in [0, 0.1) is 40.8 Å². The first-order valence-electron chi connectivity index (χ1n) is 11.3. The Labute approximate surface area is 194 Å². The van der Waals surface area contributed by atoms with Crippen LogP contribution in [-0.4, -0.2) is 0 Å². The summed E-state index contributed by atoms with van der Waals surface area (Å²) in [6.07, 6.45) is 5.36. The number of halogens is 6. The molecule has 3 aromatic rings. The minimum atomic E-state index is -1.65. The second-order valence-corrected chi connectivity index (χ2v) is 8.80. The zero-order valence-electron chi connectivity index (χ0n) is 18.6. The van der Waals surface area contributed by atoms with Gasteiger partial charge in [0.1, 0.15) is 12.4 Å². The molecule has 7 heteroatoms. The van der Waals surface area contributed by atoms with Gasteiger partial charge in [0.15, 0.2) is 34.8 Å². The summed E-state index contributed by atoms with van der Waals surface area (Å²) in [4.78, 5) is 0. The van der Waals surface area contributed by atoms with Crippen molar-refractivity contribution in [2.24, 2.45) is 5.92 Å². The standard InChI is InChI=1S/C27H24F6O/c1-2-15-3-5-17(6-4-15)18-7-8-20(21(28)11-18)19-12-24(31)27(25(32)13-19)34-14-16-9-22(29)26(33)23(30)10-16/h7-13,15,17H,2-6,14H2,1H3. The van der Waals surface area contributed by atoms with Crippen molar-refractivity contribution >= 4 is 0 Å². The molecule has 1 aliphatic carbocycles. The number of ether oxygens (including phenoxy) is 1. The van der Waals surface area contributed by atoms with Crippen molar-refractivity contribution in [1.29, 1.82) is 0 Å². The summed E-state index contributed by atoms with van der Waals surface area (Å²) >= 11 is 0. The van der Waals surface area contributed by atoms with Gasteiger partial charge in [0.05, 0.1) is 0 Å². The van der Waals surface area contributed by atoms with Crippen LogP contribution >= 0.6 is 0 Å². The molecule has 1 fully saturated rings. The van der Waals surface area contributed by atoms with E-state index in [9.17, 15) is 26.3 Å². The molecule has 4 rings (SSSR count). The molecule has 0 heterocycles. The summed E-state index contributed by atoms with van der Waals surface area (Å²) in [5, 5.41) is 0. The van der Waals surface area contributed by atoms with Gasteiger partial charge in [-0.2, -0.15) is 0 Å². The lowest BCUT2D eigenvalue weighted by atomic mass is 9.77. The number of benzene rings is 3. The molecule has 0 spiro atoms. The second kappa shape index (κ2) is 10.1. The maximum absolute atomic E-state index is 14.9. The smallest absolute Gasteiger partial charge is 0.194 e. The van der Waals surface area contributed by atoms with E-state index in [4.69, 9.17) is 4.74 Å². The quantitative estimate of drug-likeness (QED) is 0.255. The van der Waals surface area contributed by atoms with Crippen LogP contribution in [0.5, 0.6) is 5.75 Å². The Morgan fingerprint density at radius 2 is 1.35 bits per heavy atom. The molecule has 1 aliphatic rings. The average Bonchev–Trinajstić information content (AvgIpc) is 2.81. The first kappa shape index (κ1) is 24.2. The fourth-order valence-electron chi connectivity index (χ4n) is 4.62. The monoisotopic (exact) mass is 478 g/mol. The summed E-state index contributed by atoms with van der Waals surface area (Å²) in [6, 6.07) is 7.98. The van der Waals surface area contributed by atoms with Gasteiger partial charge in [-0.3, -0.25) is 0 Å². The van der Waals surface area contributed by atoms with Gasteiger partial charge in [0.25, 0.3) is 0 Å². The molecule has 0 N–H and O–H groups in total. The van der Waals surface area contributed by atoms with E-state index in [-0.39, 0.29) is 22.6 Å². The van der Waals surface area contributed by atoms with Crippen molar-refractivity contribution in [3.63, 3.8) is 0 Å². The molecule has 0 unspecified atom stereocenters. The maximum Gasteiger partial charge on any atom is 0.194 e. The van der Waals surface area contributed by atoms with Crippen LogP contribution in [0.2, 0.25) is 0 Å². The molecule has 0 aliphatic heterocycles. The lowest BCUT2D eigenvalue weighted by molar-refractivity contribution is 0.272. The fraction of sp³-hybridized carbons (Fsp3) is 0.333. The van der Waals surface area contributed by atoms with Crippen LogP contribution in [0.15, 0.2) is 42.5 Å². The molecule has 0 saturated heterocycles. The van der Waals surface area contributed by atoms with Gasteiger partial charge in [-0.15, -0.1) is 0 Å². The molecule has 180 valence electrons. The molecular weight excluding hydrogens is 454 g/mol. The lowest BCUT2D eigenvalue weighted by Crippen LogP contribution is -2.12. The first-order chi connectivity index (χ1) is 16.3. The lowest BCUT2D eigenvalue weighted by Gasteiger charge is -2.28. The highest BCUT2D eigenvalue weighted by atomic mass is 19.2. The number of rotatable bonds is 6. The highest BCUT2D eigenvalue weighted by molar-refractivity contribution is 5.66. The molecule has 0 amide bonds. The van der Waals surface area contributed by atoms with Crippen molar-refractivity contribution in [2.75, 3.05) is 0 Å². The van der Waals surface area contributed by atoms with Crippen molar-refractivity contribution in [1.82, 2.24) is 0 Å². The zero-order chi connectivity index (χ0) is 24.4. The molecular formula is C27H24F6O. The van der Waals surface area contributed by atoms with E-state index in [1.165, 1.54) is 12.1 Å². The molecule has 1 saturated carbocycles. The van der Waals surface area contributed by atoms with E-state index in [0.717, 1.165) is 49.8 Å². The average molecular weight is 478 g/mol. The molecule has 0 aromatic heterocycles. The minimum absolute atomic E-state index is 0.0000350. The predicted molar refractivity (Wildman–Crippen MR) is 117 cm³/mol. The van der Waals surface area contributed by atoms with Crippen LogP contribution in [0.1, 0.15) is 56.1 Å². The Hall–Kier alpha value is -2.96. The topological polar surface area (TPSA) is 9.23 Å². The summed E-state index contributed by atoms with van der Waals surface area (Å²) in [5.41, 5.74) is 0.794. The van der Waals surface area contributed by atoms with Gasteiger partial charge in [-0.05, 0) is 84.5 Å². The van der Waals surface area contributed by atoms with Crippen LogP contribution in [-0.2, 0) is 6.61 Å². The van der Waals surface area contributed by atoms with Crippen molar-refractivity contribution in [3.8, 4) is 16.9 Å². The first-order valence-corrected chi connectivity index (χ1v) is 11.3. The summed E-state index contributed by atoms with van der Waals surface area (Å²) in [5.74, 6) is -7.08. The Bertz CT molecular complexity index is 1140. The Morgan fingerprint density at radius 1 is 0.735 bits per heavy atom. The van der Waals surface area contributed by atoms with Gasteiger partial charge in [0.2, 0.25) is 0 Å². The van der Waals surface area contributed by atoms with Gasteiger partial charge in [-0.25, -0.2) is 26.3 Å². The highest BCUT2D eigenvalue weighted by Gasteiger charge is 2.23. The Balaban J connectivity index is 1.51. The van der Waals surface area contributed by atoms with Crippen LogP contribution in [0.25, 0.3) is 11.1 Å².